The minimum absolute atomic E-state index is 0.121. The van der Waals surface area contributed by atoms with E-state index in [0.29, 0.717) is 21.7 Å². The van der Waals surface area contributed by atoms with Crippen molar-refractivity contribution in [2.75, 3.05) is 5.73 Å². The molecule has 7 heteroatoms. The Kier molecular flexibility index (Phi) is 2.72. The molecule has 0 aliphatic heterocycles. The zero-order valence-corrected chi connectivity index (χ0v) is 11.5. The third kappa shape index (κ3) is 1.87. The Morgan fingerprint density at radius 1 is 1.42 bits per heavy atom. The van der Waals surface area contributed by atoms with Crippen LogP contribution in [0.15, 0.2) is 17.5 Å². The van der Waals surface area contributed by atoms with E-state index in [1.807, 2.05) is 24.4 Å². The number of nitrogen functional groups attached to an aromatic ring is 1. The molecule has 0 unspecified atom stereocenters. The second kappa shape index (κ2) is 4.29. The molecule has 0 fully saturated rings. The van der Waals surface area contributed by atoms with Crippen LogP contribution in [0.1, 0.15) is 15.4 Å². The quantitative estimate of drug-likeness (QED) is 0.757. The van der Waals surface area contributed by atoms with Crippen molar-refractivity contribution in [2.24, 2.45) is 0 Å². The maximum Gasteiger partial charge on any atom is 0.348 e. The summed E-state index contributed by atoms with van der Waals surface area (Å²) in [5.74, 6) is -0.421. The largest absolute Gasteiger partial charge is 0.477 e. The number of aromatic nitrogens is 2. The van der Waals surface area contributed by atoms with E-state index in [2.05, 4.69) is 9.97 Å². The Morgan fingerprint density at radius 2 is 2.21 bits per heavy atom. The van der Waals surface area contributed by atoms with Crippen molar-refractivity contribution in [3.63, 3.8) is 0 Å². The van der Waals surface area contributed by atoms with E-state index in [1.165, 1.54) is 0 Å². The van der Waals surface area contributed by atoms with E-state index in [1.54, 1.807) is 11.3 Å². The van der Waals surface area contributed by atoms with Crippen LogP contribution in [0.25, 0.3) is 20.9 Å². The van der Waals surface area contributed by atoms with Crippen LogP contribution in [0, 0.1) is 6.92 Å². The zero-order valence-electron chi connectivity index (χ0n) is 9.88. The van der Waals surface area contributed by atoms with E-state index in [0.717, 1.165) is 16.2 Å². The van der Waals surface area contributed by atoms with E-state index in [-0.39, 0.29) is 10.6 Å². The van der Waals surface area contributed by atoms with Gasteiger partial charge in [-0.1, -0.05) is 6.07 Å². The summed E-state index contributed by atoms with van der Waals surface area (Å²) in [5.41, 5.74) is 6.82. The molecule has 19 heavy (non-hydrogen) atoms. The lowest BCUT2D eigenvalue weighted by Gasteiger charge is -2.01. The molecular weight excluding hydrogens is 282 g/mol. The zero-order chi connectivity index (χ0) is 13.6. The van der Waals surface area contributed by atoms with Gasteiger partial charge in [0.2, 0.25) is 0 Å². The summed E-state index contributed by atoms with van der Waals surface area (Å²) < 4.78 is 0. The first-order chi connectivity index (χ1) is 9.08. The van der Waals surface area contributed by atoms with Gasteiger partial charge in [-0.25, -0.2) is 14.8 Å². The van der Waals surface area contributed by atoms with Crippen molar-refractivity contribution >= 4 is 44.5 Å². The van der Waals surface area contributed by atoms with Gasteiger partial charge < -0.3 is 10.8 Å². The molecule has 3 rings (SSSR count). The number of hydrogen-bond acceptors (Lipinski definition) is 6. The molecule has 0 amide bonds. The molecule has 3 N–H and O–H groups in total. The van der Waals surface area contributed by atoms with Gasteiger partial charge in [0, 0.05) is 0 Å². The number of fused-ring (bicyclic) bond motifs is 1. The Hall–Kier alpha value is -1.99. The van der Waals surface area contributed by atoms with Gasteiger partial charge in [-0.3, -0.25) is 0 Å². The normalized spacial score (nSPS) is 11.0. The maximum atomic E-state index is 11.1. The summed E-state index contributed by atoms with van der Waals surface area (Å²) in [6, 6.07) is 3.86. The number of rotatable bonds is 2. The summed E-state index contributed by atoms with van der Waals surface area (Å²) in [5, 5.41) is 11.7. The average molecular weight is 291 g/mol. The van der Waals surface area contributed by atoms with Crippen LogP contribution in [0.4, 0.5) is 5.69 Å². The van der Waals surface area contributed by atoms with Crippen LogP contribution in [0.5, 0.6) is 0 Å². The minimum atomic E-state index is -1.03. The summed E-state index contributed by atoms with van der Waals surface area (Å²) in [6.45, 7) is 1.82. The third-order valence-electron chi connectivity index (χ3n) is 2.71. The molecule has 0 spiro atoms. The first-order valence-electron chi connectivity index (χ1n) is 5.41. The van der Waals surface area contributed by atoms with Gasteiger partial charge in [0.25, 0.3) is 0 Å². The summed E-state index contributed by atoms with van der Waals surface area (Å²) in [4.78, 5) is 21.6. The predicted molar refractivity (Wildman–Crippen MR) is 76.8 cm³/mol. The van der Waals surface area contributed by atoms with Crippen LogP contribution in [-0.2, 0) is 0 Å². The van der Waals surface area contributed by atoms with Gasteiger partial charge in [-0.2, -0.15) is 0 Å². The number of carboxylic acids is 1. The monoisotopic (exact) mass is 291 g/mol. The minimum Gasteiger partial charge on any atom is -0.477 e. The van der Waals surface area contributed by atoms with E-state index >= 15 is 0 Å². The van der Waals surface area contributed by atoms with Crippen molar-refractivity contribution in [1.29, 1.82) is 0 Å². The van der Waals surface area contributed by atoms with Crippen LogP contribution in [0.2, 0.25) is 0 Å². The van der Waals surface area contributed by atoms with Gasteiger partial charge in [0.05, 0.1) is 21.6 Å². The molecule has 0 saturated heterocycles. The molecule has 0 aliphatic rings. The van der Waals surface area contributed by atoms with Gasteiger partial charge in [0.15, 0.2) is 5.82 Å². The first-order valence-corrected chi connectivity index (χ1v) is 7.11. The van der Waals surface area contributed by atoms with Crippen molar-refractivity contribution in [2.45, 2.75) is 6.92 Å². The van der Waals surface area contributed by atoms with Gasteiger partial charge in [0.1, 0.15) is 9.71 Å². The molecule has 3 aromatic heterocycles. The number of carboxylic acid groups (broad SMARTS) is 1. The van der Waals surface area contributed by atoms with Crippen LogP contribution in [-0.4, -0.2) is 21.0 Å². The summed E-state index contributed by atoms with van der Waals surface area (Å²) in [7, 11) is 0. The molecule has 96 valence electrons. The van der Waals surface area contributed by atoms with Crippen LogP contribution in [0.3, 0.4) is 0 Å². The third-order valence-corrected chi connectivity index (χ3v) is 4.66. The topological polar surface area (TPSA) is 89.1 Å². The van der Waals surface area contributed by atoms with Gasteiger partial charge in [-0.15, -0.1) is 22.7 Å². The highest BCUT2D eigenvalue weighted by Gasteiger charge is 2.19. The smallest absolute Gasteiger partial charge is 0.348 e. The highest BCUT2D eigenvalue weighted by Crippen LogP contribution is 2.35. The molecular formula is C12H9N3O2S2. The molecule has 0 bridgehead atoms. The van der Waals surface area contributed by atoms with Gasteiger partial charge >= 0.3 is 5.97 Å². The van der Waals surface area contributed by atoms with E-state index in [9.17, 15) is 4.79 Å². The fourth-order valence-corrected chi connectivity index (χ4v) is 3.51. The highest BCUT2D eigenvalue weighted by molar-refractivity contribution is 7.21. The number of hydrogen-bond donors (Lipinski definition) is 2. The Bertz CT molecular complexity index is 778. The second-order valence-corrected chi connectivity index (χ2v) is 5.89. The molecule has 0 aromatic carbocycles. The van der Waals surface area contributed by atoms with Crippen molar-refractivity contribution in [3.8, 4) is 10.7 Å². The number of anilines is 1. The van der Waals surface area contributed by atoms with E-state index in [4.69, 9.17) is 10.8 Å². The first kappa shape index (κ1) is 12.1. The molecule has 3 heterocycles. The average Bonchev–Trinajstić information content (AvgIpc) is 2.96. The number of aryl methyl sites for hydroxylation is 1. The van der Waals surface area contributed by atoms with Crippen LogP contribution >= 0.6 is 22.7 Å². The number of aromatic carboxylic acids is 1. The lowest BCUT2D eigenvalue weighted by Crippen LogP contribution is -1.98. The maximum absolute atomic E-state index is 11.1. The van der Waals surface area contributed by atoms with E-state index < -0.39 is 5.97 Å². The Labute approximate surface area is 116 Å². The molecule has 0 aliphatic carbocycles. The lowest BCUT2D eigenvalue weighted by molar-refractivity contribution is 0.0703. The summed E-state index contributed by atoms with van der Waals surface area (Å²) in [6.07, 6.45) is 0. The Morgan fingerprint density at radius 3 is 2.84 bits per heavy atom. The fourth-order valence-electron chi connectivity index (χ4n) is 1.87. The van der Waals surface area contributed by atoms with Gasteiger partial charge in [-0.05, 0) is 18.4 Å². The standard InChI is InChI=1S/C12H9N3O2S2/c1-5-7-8(13)9(12(16)17)19-11(7)15-10(14-5)6-3-2-4-18-6/h2-4H,13H2,1H3,(H,16,17). The highest BCUT2D eigenvalue weighted by atomic mass is 32.1. The number of nitrogens with two attached hydrogens (primary N) is 1. The second-order valence-electron chi connectivity index (χ2n) is 3.94. The lowest BCUT2D eigenvalue weighted by atomic mass is 10.2. The molecule has 0 radical (unpaired) electrons. The molecule has 0 saturated carbocycles. The number of thiophene rings is 2. The molecule has 5 nitrogen and oxygen atoms in total. The van der Waals surface area contributed by atoms with Crippen LogP contribution < -0.4 is 5.73 Å². The Balaban J connectivity index is 2.30. The number of carbonyl (C=O) groups is 1. The summed E-state index contributed by atoms with van der Waals surface area (Å²) >= 11 is 2.63. The van der Waals surface area contributed by atoms with Crippen molar-refractivity contribution in [1.82, 2.24) is 9.97 Å². The van der Waals surface area contributed by atoms with Crippen molar-refractivity contribution in [3.05, 3.63) is 28.1 Å². The predicted octanol–water partition coefficient (Wildman–Crippen LogP) is 3.01. The van der Waals surface area contributed by atoms with Crippen molar-refractivity contribution < 1.29 is 9.90 Å². The number of nitrogens with zero attached hydrogens (tertiary/aromatic N) is 2. The fraction of sp³-hybridized carbons (Fsp3) is 0.0833. The SMILES string of the molecule is Cc1nc(-c2cccs2)nc2sc(C(=O)O)c(N)c12. The molecule has 3 aromatic rings. The molecule has 0 atom stereocenters.